The predicted molar refractivity (Wildman–Crippen MR) is 66.4 cm³/mol. The van der Waals surface area contributed by atoms with Crippen molar-refractivity contribution in [3.8, 4) is 0 Å². The van der Waals surface area contributed by atoms with Crippen LogP contribution in [0.1, 0.15) is 24.4 Å². The van der Waals surface area contributed by atoms with Crippen molar-refractivity contribution in [1.82, 2.24) is 5.32 Å². The van der Waals surface area contributed by atoms with Crippen LogP contribution in [0.25, 0.3) is 0 Å². The summed E-state index contributed by atoms with van der Waals surface area (Å²) in [7, 11) is 1.74. The third kappa shape index (κ3) is 2.18. The molecule has 0 amide bonds. The average Bonchev–Trinajstić information content (AvgIpc) is 2.76. The maximum atomic E-state index is 5.27. The Labute approximate surface area is 97.3 Å². The van der Waals surface area contributed by atoms with Crippen molar-refractivity contribution in [3.05, 3.63) is 48.6 Å². The van der Waals surface area contributed by atoms with E-state index in [1.807, 2.05) is 12.1 Å². The molecule has 0 saturated carbocycles. The van der Waals surface area contributed by atoms with E-state index in [-0.39, 0.29) is 5.54 Å². The molecule has 1 aliphatic rings. The molecule has 0 radical (unpaired) electrons. The van der Waals surface area contributed by atoms with Gasteiger partial charge in [-0.3, -0.25) is 5.32 Å². The van der Waals surface area contributed by atoms with Gasteiger partial charge in [0.1, 0.15) is 0 Å². The molecule has 0 bridgehead atoms. The largest absolute Gasteiger partial charge is 0.382 e. The van der Waals surface area contributed by atoms with Gasteiger partial charge in [0, 0.05) is 13.2 Å². The third-order valence-corrected chi connectivity index (χ3v) is 3.34. The molecule has 1 aliphatic heterocycles. The van der Waals surface area contributed by atoms with E-state index in [2.05, 4.69) is 36.2 Å². The SMILES string of the molecule is C=C[C@@]1(COC)CC[C@@H](c2ccccc2)N1. The van der Waals surface area contributed by atoms with Crippen molar-refractivity contribution < 1.29 is 4.74 Å². The van der Waals surface area contributed by atoms with Gasteiger partial charge in [0.25, 0.3) is 0 Å². The molecular weight excluding hydrogens is 198 g/mol. The zero-order valence-corrected chi connectivity index (χ0v) is 9.78. The van der Waals surface area contributed by atoms with Crippen molar-refractivity contribution in [2.75, 3.05) is 13.7 Å². The molecule has 0 aliphatic carbocycles. The summed E-state index contributed by atoms with van der Waals surface area (Å²) in [6.45, 7) is 4.61. The Morgan fingerprint density at radius 2 is 2.25 bits per heavy atom. The first-order valence-corrected chi connectivity index (χ1v) is 5.75. The van der Waals surface area contributed by atoms with Gasteiger partial charge in [-0.15, -0.1) is 6.58 Å². The molecule has 0 unspecified atom stereocenters. The third-order valence-electron chi connectivity index (χ3n) is 3.34. The Bertz CT molecular complexity index is 349. The van der Waals surface area contributed by atoms with Crippen LogP contribution in [-0.2, 0) is 4.74 Å². The van der Waals surface area contributed by atoms with E-state index < -0.39 is 0 Å². The lowest BCUT2D eigenvalue weighted by Crippen LogP contribution is -2.42. The fourth-order valence-corrected chi connectivity index (χ4v) is 2.42. The van der Waals surface area contributed by atoms with Crippen molar-refractivity contribution >= 4 is 0 Å². The molecule has 0 aromatic heterocycles. The van der Waals surface area contributed by atoms with Gasteiger partial charge in [-0.25, -0.2) is 0 Å². The van der Waals surface area contributed by atoms with E-state index in [9.17, 15) is 0 Å². The molecule has 0 spiro atoms. The number of hydrogen-bond acceptors (Lipinski definition) is 2. The van der Waals surface area contributed by atoms with Crippen LogP contribution in [-0.4, -0.2) is 19.3 Å². The van der Waals surface area contributed by atoms with Crippen LogP contribution in [0.3, 0.4) is 0 Å². The maximum Gasteiger partial charge on any atom is 0.0680 e. The number of benzene rings is 1. The number of nitrogens with one attached hydrogen (secondary N) is 1. The number of rotatable bonds is 4. The Hall–Kier alpha value is -1.12. The number of hydrogen-bond donors (Lipinski definition) is 1. The molecule has 86 valence electrons. The van der Waals surface area contributed by atoms with Crippen LogP contribution in [0.15, 0.2) is 43.0 Å². The fraction of sp³-hybridized carbons (Fsp3) is 0.429. The molecule has 16 heavy (non-hydrogen) atoms. The van der Waals surface area contributed by atoms with Gasteiger partial charge < -0.3 is 4.74 Å². The van der Waals surface area contributed by atoms with Crippen molar-refractivity contribution in [3.63, 3.8) is 0 Å². The first-order valence-electron chi connectivity index (χ1n) is 5.75. The number of ether oxygens (including phenoxy) is 1. The predicted octanol–water partition coefficient (Wildman–Crippen LogP) is 2.68. The van der Waals surface area contributed by atoms with Crippen molar-refractivity contribution in [1.29, 1.82) is 0 Å². The van der Waals surface area contributed by atoms with Gasteiger partial charge >= 0.3 is 0 Å². The molecule has 2 nitrogen and oxygen atoms in total. The lowest BCUT2D eigenvalue weighted by atomic mass is 9.99. The van der Waals surface area contributed by atoms with Crippen LogP contribution in [0.5, 0.6) is 0 Å². The van der Waals surface area contributed by atoms with Gasteiger partial charge in [-0.05, 0) is 18.4 Å². The summed E-state index contributed by atoms with van der Waals surface area (Å²) in [6.07, 6.45) is 4.21. The van der Waals surface area contributed by atoms with Gasteiger partial charge in [-0.1, -0.05) is 36.4 Å². The minimum atomic E-state index is -0.0464. The molecule has 1 heterocycles. The quantitative estimate of drug-likeness (QED) is 0.783. The molecule has 1 aromatic carbocycles. The highest BCUT2D eigenvalue weighted by atomic mass is 16.5. The summed E-state index contributed by atoms with van der Waals surface area (Å²) in [5.41, 5.74) is 1.30. The smallest absolute Gasteiger partial charge is 0.0680 e. The summed E-state index contributed by atoms with van der Waals surface area (Å²) in [6, 6.07) is 11.0. The van der Waals surface area contributed by atoms with E-state index in [0.29, 0.717) is 12.6 Å². The highest BCUT2D eigenvalue weighted by molar-refractivity contribution is 5.23. The molecule has 2 heteroatoms. The Balaban J connectivity index is 2.10. The first kappa shape index (κ1) is 11.4. The Morgan fingerprint density at radius 3 is 2.88 bits per heavy atom. The minimum Gasteiger partial charge on any atom is -0.382 e. The summed E-state index contributed by atoms with van der Waals surface area (Å²) in [5.74, 6) is 0. The van der Waals surface area contributed by atoms with Gasteiger partial charge in [0.15, 0.2) is 0 Å². The second-order valence-electron chi connectivity index (χ2n) is 4.44. The van der Waals surface area contributed by atoms with E-state index >= 15 is 0 Å². The zero-order chi connectivity index (χ0) is 11.4. The molecule has 1 fully saturated rings. The van der Waals surface area contributed by atoms with Crippen molar-refractivity contribution in [2.45, 2.75) is 24.4 Å². The van der Waals surface area contributed by atoms with E-state index in [1.54, 1.807) is 7.11 Å². The molecule has 1 aromatic rings. The molecule has 1 saturated heterocycles. The van der Waals surface area contributed by atoms with Gasteiger partial charge in [0.2, 0.25) is 0 Å². The molecule has 1 N–H and O–H groups in total. The van der Waals surface area contributed by atoms with Gasteiger partial charge in [-0.2, -0.15) is 0 Å². The standard InChI is InChI=1S/C14H19NO/c1-3-14(11-16-2)10-9-13(15-14)12-7-5-4-6-8-12/h3-8,13,15H,1,9-11H2,2H3/t13-,14-/m0/s1. The lowest BCUT2D eigenvalue weighted by molar-refractivity contribution is 0.141. The zero-order valence-electron chi connectivity index (χ0n) is 9.78. The van der Waals surface area contributed by atoms with Crippen LogP contribution in [0.4, 0.5) is 0 Å². The fourth-order valence-electron chi connectivity index (χ4n) is 2.42. The first-order chi connectivity index (χ1) is 7.79. The van der Waals surface area contributed by atoms with Gasteiger partial charge in [0.05, 0.1) is 12.1 Å². The lowest BCUT2D eigenvalue weighted by Gasteiger charge is -2.26. The van der Waals surface area contributed by atoms with Crippen LogP contribution in [0.2, 0.25) is 0 Å². The van der Waals surface area contributed by atoms with Crippen LogP contribution >= 0.6 is 0 Å². The summed E-state index contributed by atoms with van der Waals surface area (Å²) in [5, 5.41) is 3.63. The normalized spacial score (nSPS) is 29.2. The van der Waals surface area contributed by atoms with Crippen LogP contribution in [0, 0.1) is 0 Å². The van der Waals surface area contributed by atoms with E-state index in [4.69, 9.17) is 4.74 Å². The molecular formula is C14H19NO. The number of methoxy groups -OCH3 is 1. The summed E-state index contributed by atoms with van der Waals surface area (Å²) < 4.78 is 5.27. The Kier molecular flexibility index (Phi) is 3.42. The van der Waals surface area contributed by atoms with E-state index in [0.717, 1.165) is 12.8 Å². The summed E-state index contributed by atoms with van der Waals surface area (Å²) >= 11 is 0. The Morgan fingerprint density at radius 1 is 1.50 bits per heavy atom. The monoisotopic (exact) mass is 217 g/mol. The second-order valence-corrected chi connectivity index (χ2v) is 4.44. The minimum absolute atomic E-state index is 0.0464. The van der Waals surface area contributed by atoms with Crippen molar-refractivity contribution in [2.24, 2.45) is 0 Å². The van der Waals surface area contributed by atoms with E-state index in [1.165, 1.54) is 5.56 Å². The molecule has 2 atom stereocenters. The topological polar surface area (TPSA) is 21.3 Å². The highest BCUT2D eigenvalue weighted by Crippen LogP contribution is 2.33. The van der Waals surface area contributed by atoms with Crippen LogP contribution < -0.4 is 5.32 Å². The average molecular weight is 217 g/mol. The molecule has 2 rings (SSSR count). The highest BCUT2D eigenvalue weighted by Gasteiger charge is 2.36. The maximum absolute atomic E-state index is 5.27. The summed E-state index contributed by atoms with van der Waals surface area (Å²) in [4.78, 5) is 0. The second kappa shape index (κ2) is 4.81.